The molecular weight excluding hydrogens is 394 g/mol. The summed E-state index contributed by atoms with van der Waals surface area (Å²) in [6, 6.07) is 8.08. The van der Waals surface area contributed by atoms with Crippen LogP contribution in [0.1, 0.15) is 30.7 Å². The zero-order chi connectivity index (χ0) is 21.5. The first-order valence-electron chi connectivity index (χ1n) is 11.4. The lowest BCUT2D eigenvalue weighted by Crippen LogP contribution is -2.43. The van der Waals surface area contributed by atoms with Crippen molar-refractivity contribution in [2.75, 3.05) is 52.5 Å². The predicted molar refractivity (Wildman–Crippen MR) is 117 cm³/mol. The second-order valence-electron chi connectivity index (χ2n) is 8.55. The van der Waals surface area contributed by atoms with Gasteiger partial charge in [0.1, 0.15) is 0 Å². The number of ether oxygens (including phenoxy) is 1. The van der Waals surface area contributed by atoms with Crippen LogP contribution in [0.25, 0.3) is 11.4 Å². The number of amides is 1. The predicted octanol–water partition coefficient (Wildman–Crippen LogP) is 2.10. The Bertz CT molecular complexity index is 849. The van der Waals surface area contributed by atoms with Crippen LogP contribution in [0.3, 0.4) is 0 Å². The molecule has 3 heterocycles. The number of hydrogen-bond acceptors (Lipinski definition) is 7. The van der Waals surface area contributed by atoms with E-state index in [0.717, 1.165) is 77.3 Å². The molecule has 1 atom stereocenters. The van der Waals surface area contributed by atoms with Crippen molar-refractivity contribution in [1.29, 1.82) is 0 Å². The minimum Gasteiger partial charge on any atom is -0.379 e. The van der Waals surface area contributed by atoms with Gasteiger partial charge in [0.15, 0.2) is 0 Å². The summed E-state index contributed by atoms with van der Waals surface area (Å²) in [7, 11) is 0. The van der Waals surface area contributed by atoms with Crippen LogP contribution in [0.5, 0.6) is 0 Å². The van der Waals surface area contributed by atoms with Crippen LogP contribution in [-0.2, 0) is 16.1 Å². The fraction of sp³-hybridized carbons (Fsp3) is 0.609. The van der Waals surface area contributed by atoms with Crippen molar-refractivity contribution in [1.82, 2.24) is 25.3 Å². The summed E-state index contributed by atoms with van der Waals surface area (Å²) in [5, 5.41) is 7.26. The quantitative estimate of drug-likeness (QED) is 0.646. The summed E-state index contributed by atoms with van der Waals surface area (Å²) in [5.41, 5.74) is 2.13. The van der Waals surface area contributed by atoms with Crippen molar-refractivity contribution < 1.29 is 14.1 Å². The fourth-order valence-electron chi connectivity index (χ4n) is 4.31. The zero-order valence-corrected chi connectivity index (χ0v) is 18.4. The highest BCUT2D eigenvalue weighted by atomic mass is 16.5. The van der Waals surface area contributed by atoms with Gasteiger partial charge in [-0.2, -0.15) is 4.98 Å². The molecule has 1 amide bonds. The van der Waals surface area contributed by atoms with E-state index in [0.29, 0.717) is 18.3 Å². The molecule has 2 aliphatic rings. The summed E-state index contributed by atoms with van der Waals surface area (Å²) in [6.07, 6.45) is 2.92. The second-order valence-corrected chi connectivity index (χ2v) is 8.55. The van der Waals surface area contributed by atoms with Crippen LogP contribution >= 0.6 is 0 Å². The van der Waals surface area contributed by atoms with E-state index in [1.807, 2.05) is 25.1 Å². The van der Waals surface area contributed by atoms with Gasteiger partial charge in [0.2, 0.25) is 17.6 Å². The third-order valence-electron chi connectivity index (χ3n) is 6.03. The second kappa shape index (κ2) is 10.8. The van der Waals surface area contributed by atoms with E-state index in [1.54, 1.807) is 0 Å². The summed E-state index contributed by atoms with van der Waals surface area (Å²) in [6.45, 7) is 9.68. The monoisotopic (exact) mass is 427 g/mol. The van der Waals surface area contributed by atoms with Crippen molar-refractivity contribution in [3.63, 3.8) is 0 Å². The first kappa shape index (κ1) is 21.9. The van der Waals surface area contributed by atoms with E-state index in [-0.39, 0.29) is 11.8 Å². The topological polar surface area (TPSA) is 83.7 Å². The minimum absolute atomic E-state index is 0.0244. The third-order valence-corrected chi connectivity index (χ3v) is 6.03. The molecule has 31 heavy (non-hydrogen) atoms. The Morgan fingerprint density at radius 1 is 1.23 bits per heavy atom. The molecule has 0 bridgehead atoms. The number of benzene rings is 1. The molecule has 4 rings (SSSR count). The van der Waals surface area contributed by atoms with E-state index >= 15 is 0 Å². The normalized spacial score (nSPS) is 20.6. The fourth-order valence-corrected chi connectivity index (χ4v) is 4.31. The van der Waals surface area contributed by atoms with E-state index in [1.165, 1.54) is 5.56 Å². The molecule has 8 heteroatoms. The smallest absolute Gasteiger partial charge is 0.241 e. The first-order valence-corrected chi connectivity index (χ1v) is 11.4. The average Bonchev–Trinajstić information content (AvgIpc) is 3.26. The lowest BCUT2D eigenvalue weighted by molar-refractivity contribution is -0.126. The number of likely N-dealkylation sites (tertiary alicyclic amines) is 1. The van der Waals surface area contributed by atoms with Gasteiger partial charge in [-0.1, -0.05) is 28.9 Å². The molecule has 8 nitrogen and oxygen atoms in total. The van der Waals surface area contributed by atoms with E-state index in [2.05, 4.69) is 31.3 Å². The van der Waals surface area contributed by atoms with Gasteiger partial charge >= 0.3 is 0 Å². The Morgan fingerprint density at radius 2 is 2.10 bits per heavy atom. The molecule has 2 saturated heterocycles. The Morgan fingerprint density at radius 3 is 2.94 bits per heavy atom. The van der Waals surface area contributed by atoms with Gasteiger partial charge in [-0.3, -0.25) is 14.6 Å². The van der Waals surface area contributed by atoms with Crippen LogP contribution < -0.4 is 5.32 Å². The molecule has 1 aromatic heterocycles. The van der Waals surface area contributed by atoms with Gasteiger partial charge in [0, 0.05) is 31.7 Å². The number of aryl methyl sites for hydroxylation is 1. The molecule has 1 N–H and O–H groups in total. The summed E-state index contributed by atoms with van der Waals surface area (Å²) in [5.74, 6) is 1.40. The maximum Gasteiger partial charge on any atom is 0.241 e. The molecule has 0 saturated carbocycles. The number of nitrogens with zero attached hydrogens (tertiary/aromatic N) is 4. The largest absolute Gasteiger partial charge is 0.379 e. The van der Waals surface area contributed by atoms with Crippen LogP contribution in [-0.4, -0.2) is 78.3 Å². The van der Waals surface area contributed by atoms with Gasteiger partial charge in [-0.25, -0.2) is 0 Å². The number of piperidine rings is 1. The number of carbonyl (C=O) groups excluding carboxylic acids is 1. The van der Waals surface area contributed by atoms with Gasteiger partial charge in [0.25, 0.3) is 0 Å². The van der Waals surface area contributed by atoms with Gasteiger partial charge in [0.05, 0.1) is 25.7 Å². The standard InChI is InChI=1S/C23H33N5O3/c1-18-5-2-6-19(15-18)22-25-21(31-26-22)17-28-9-3-7-20(16-28)23(29)24-8-4-10-27-11-13-30-14-12-27/h2,5-6,15,20H,3-4,7-14,16-17H2,1H3,(H,24,29). The molecule has 1 aromatic carbocycles. The molecule has 0 spiro atoms. The molecule has 0 aliphatic carbocycles. The van der Waals surface area contributed by atoms with E-state index < -0.39 is 0 Å². The molecule has 1 unspecified atom stereocenters. The van der Waals surface area contributed by atoms with Crippen molar-refractivity contribution in [2.24, 2.45) is 5.92 Å². The molecule has 0 radical (unpaired) electrons. The SMILES string of the molecule is Cc1cccc(-c2noc(CN3CCCC(C(=O)NCCCN4CCOCC4)C3)n2)c1. The number of rotatable bonds is 8. The van der Waals surface area contributed by atoms with Gasteiger partial charge in [-0.05, 0) is 45.3 Å². The molecule has 168 valence electrons. The molecule has 2 aliphatic heterocycles. The highest BCUT2D eigenvalue weighted by Crippen LogP contribution is 2.21. The first-order chi connectivity index (χ1) is 15.2. The maximum absolute atomic E-state index is 12.6. The lowest BCUT2D eigenvalue weighted by Gasteiger charge is -2.31. The summed E-state index contributed by atoms with van der Waals surface area (Å²) in [4.78, 5) is 21.8. The molecular formula is C23H33N5O3. The Kier molecular flexibility index (Phi) is 7.66. The van der Waals surface area contributed by atoms with Crippen LogP contribution in [0.15, 0.2) is 28.8 Å². The molecule has 2 aromatic rings. The van der Waals surface area contributed by atoms with Gasteiger partial charge < -0.3 is 14.6 Å². The van der Waals surface area contributed by atoms with Crippen LogP contribution in [0.2, 0.25) is 0 Å². The van der Waals surface area contributed by atoms with E-state index in [4.69, 9.17) is 9.26 Å². The van der Waals surface area contributed by atoms with Crippen molar-refractivity contribution in [3.8, 4) is 11.4 Å². The summed E-state index contributed by atoms with van der Waals surface area (Å²) >= 11 is 0. The highest BCUT2D eigenvalue weighted by Gasteiger charge is 2.26. The number of hydrogen-bond donors (Lipinski definition) is 1. The van der Waals surface area contributed by atoms with Gasteiger partial charge in [-0.15, -0.1) is 0 Å². The minimum atomic E-state index is 0.0244. The van der Waals surface area contributed by atoms with Crippen LogP contribution in [0.4, 0.5) is 0 Å². The Balaban J connectivity index is 1.21. The highest BCUT2D eigenvalue weighted by molar-refractivity contribution is 5.78. The third kappa shape index (κ3) is 6.35. The summed E-state index contributed by atoms with van der Waals surface area (Å²) < 4.78 is 10.9. The zero-order valence-electron chi connectivity index (χ0n) is 18.4. The average molecular weight is 428 g/mol. The maximum atomic E-state index is 12.6. The lowest BCUT2D eigenvalue weighted by atomic mass is 9.97. The number of aromatic nitrogens is 2. The number of morpholine rings is 1. The Labute approximate surface area is 183 Å². The van der Waals surface area contributed by atoms with Crippen molar-refractivity contribution >= 4 is 5.91 Å². The Hall–Kier alpha value is -2.29. The van der Waals surface area contributed by atoms with E-state index in [9.17, 15) is 4.79 Å². The number of nitrogens with one attached hydrogen (secondary N) is 1. The van der Waals surface area contributed by atoms with Crippen molar-refractivity contribution in [3.05, 3.63) is 35.7 Å². The van der Waals surface area contributed by atoms with Crippen molar-refractivity contribution in [2.45, 2.75) is 32.7 Å². The van der Waals surface area contributed by atoms with Crippen LogP contribution in [0, 0.1) is 12.8 Å². The molecule has 2 fully saturated rings. The number of carbonyl (C=O) groups is 1.